The van der Waals surface area contributed by atoms with Crippen LogP contribution in [-0.4, -0.2) is 0 Å². The van der Waals surface area contributed by atoms with E-state index in [1.54, 1.807) is 0 Å². The lowest BCUT2D eigenvalue weighted by atomic mass is 9.95. The lowest BCUT2D eigenvalue weighted by Crippen LogP contribution is -2.30. The highest BCUT2D eigenvalue weighted by atomic mass is 15.4. The molecule has 1 heterocycles. The number of nitrogens with two attached hydrogens (primary N) is 1. The fourth-order valence-corrected chi connectivity index (χ4v) is 5.71. The van der Waals surface area contributed by atoms with Crippen LogP contribution in [0.15, 0.2) is 158 Å². The first kappa shape index (κ1) is 24.7. The van der Waals surface area contributed by atoms with E-state index in [1.165, 1.54) is 11.1 Å². The van der Waals surface area contributed by atoms with E-state index in [0.29, 0.717) is 0 Å². The second-order valence-electron chi connectivity index (χ2n) is 10.2. The zero-order valence-corrected chi connectivity index (χ0v) is 22.6. The van der Waals surface area contributed by atoms with Crippen molar-refractivity contribution in [3.8, 4) is 0 Å². The standard InChI is InChI=1S/C37H30N4/c38-41-36-23-21-34(39(30-13-5-1-6-14-30)31-15-7-2-8-16-31)26-28(36)25-29-27-35(22-24-37(29)41)40(32-17-9-3-10-18-32)33-19-11-4-12-20-33/h1-24,26-27H,25,38H2. The Bertz CT molecular complexity index is 1560. The monoisotopic (exact) mass is 530 g/mol. The van der Waals surface area contributed by atoms with E-state index in [9.17, 15) is 0 Å². The van der Waals surface area contributed by atoms with E-state index in [1.807, 2.05) is 5.01 Å². The summed E-state index contributed by atoms with van der Waals surface area (Å²) in [5.41, 5.74) is 11.1. The van der Waals surface area contributed by atoms with Crippen LogP contribution in [0.2, 0.25) is 0 Å². The second-order valence-corrected chi connectivity index (χ2v) is 10.2. The molecular weight excluding hydrogens is 500 g/mol. The molecule has 2 N–H and O–H groups in total. The topological polar surface area (TPSA) is 35.7 Å². The second kappa shape index (κ2) is 10.7. The van der Waals surface area contributed by atoms with Gasteiger partial charge in [-0.15, -0.1) is 0 Å². The van der Waals surface area contributed by atoms with Crippen molar-refractivity contribution in [2.75, 3.05) is 14.8 Å². The molecule has 0 spiro atoms. The molecule has 41 heavy (non-hydrogen) atoms. The third kappa shape index (κ3) is 4.71. The molecule has 0 aromatic heterocycles. The molecule has 0 unspecified atom stereocenters. The van der Waals surface area contributed by atoms with Crippen LogP contribution < -0.4 is 20.7 Å². The van der Waals surface area contributed by atoms with Crippen molar-refractivity contribution >= 4 is 45.5 Å². The maximum atomic E-state index is 6.76. The number of para-hydroxylation sites is 4. The molecule has 6 aromatic rings. The molecule has 7 rings (SSSR count). The van der Waals surface area contributed by atoms with Crippen molar-refractivity contribution in [1.82, 2.24) is 0 Å². The molecule has 4 heteroatoms. The first-order valence-corrected chi connectivity index (χ1v) is 13.9. The summed E-state index contributed by atoms with van der Waals surface area (Å²) >= 11 is 0. The van der Waals surface area contributed by atoms with Crippen molar-refractivity contribution in [1.29, 1.82) is 0 Å². The van der Waals surface area contributed by atoms with Gasteiger partial charge in [-0.3, -0.25) is 5.01 Å². The van der Waals surface area contributed by atoms with E-state index in [2.05, 4.69) is 168 Å². The maximum Gasteiger partial charge on any atom is 0.0612 e. The molecule has 1 aliphatic heterocycles. The Balaban J connectivity index is 1.30. The molecule has 0 fully saturated rings. The Morgan fingerprint density at radius 3 is 1.02 bits per heavy atom. The highest BCUT2D eigenvalue weighted by Crippen LogP contribution is 2.44. The predicted molar refractivity (Wildman–Crippen MR) is 171 cm³/mol. The number of fused-ring (bicyclic) bond motifs is 2. The normalized spacial score (nSPS) is 11.9. The number of hydrogen-bond donors (Lipinski definition) is 1. The van der Waals surface area contributed by atoms with Gasteiger partial charge < -0.3 is 9.80 Å². The van der Waals surface area contributed by atoms with Crippen LogP contribution in [0.1, 0.15) is 11.1 Å². The number of benzene rings is 6. The molecule has 0 saturated carbocycles. The SMILES string of the molecule is NN1c2ccc(N(c3ccccc3)c3ccccc3)cc2Cc2cc(N(c3ccccc3)c3ccccc3)ccc21. The molecule has 4 nitrogen and oxygen atoms in total. The summed E-state index contributed by atoms with van der Waals surface area (Å²) in [4.78, 5) is 4.58. The predicted octanol–water partition coefficient (Wildman–Crippen LogP) is 9.54. The molecular formula is C37H30N4. The van der Waals surface area contributed by atoms with Gasteiger partial charge in [-0.25, -0.2) is 5.84 Å². The van der Waals surface area contributed by atoms with Gasteiger partial charge in [-0.05, 0) is 96.1 Å². The summed E-state index contributed by atoms with van der Waals surface area (Å²) in [5.74, 6) is 6.76. The van der Waals surface area contributed by atoms with E-state index in [0.717, 1.165) is 51.9 Å². The van der Waals surface area contributed by atoms with Crippen LogP contribution in [0.3, 0.4) is 0 Å². The summed E-state index contributed by atoms with van der Waals surface area (Å²) in [6, 6.07) is 55.1. The minimum Gasteiger partial charge on any atom is -0.310 e. The zero-order valence-electron chi connectivity index (χ0n) is 22.6. The van der Waals surface area contributed by atoms with E-state index in [-0.39, 0.29) is 0 Å². The molecule has 0 saturated heterocycles. The van der Waals surface area contributed by atoms with Crippen molar-refractivity contribution < 1.29 is 0 Å². The molecule has 0 amide bonds. The van der Waals surface area contributed by atoms with Gasteiger partial charge in [0.1, 0.15) is 0 Å². The minimum absolute atomic E-state index is 0.787. The first-order chi connectivity index (χ1) is 20.3. The van der Waals surface area contributed by atoms with Crippen LogP contribution in [0.4, 0.5) is 45.5 Å². The maximum absolute atomic E-state index is 6.76. The van der Waals surface area contributed by atoms with Crippen molar-refractivity contribution in [2.45, 2.75) is 6.42 Å². The fraction of sp³-hybridized carbons (Fsp3) is 0.0270. The Morgan fingerprint density at radius 2 is 0.707 bits per heavy atom. The van der Waals surface area contributed by atoms with Crippen LogP contribution in [0.25, 0.3) is 0 Å². The van der Waals surface area contributed by atoms with Gasteiger partial charge >= 0.3 is 0 Å². The van der Waals surface area contributed by atoms with Crippen LogP contribution in [0.5, 0.6) is 0 Å². The van der Waals surface area contributed by atoms with E-state index in [4.69, 9.17) is 5.84 Å². The Labute approximate surface area is 241 Å². The third-order valence-electron chi connectivity index (χ3n) is 7.60. The zero-order chi connectivity index (χ0) is 27.6. The highest BCUT2D eigenvalue weighted by molar-refractivity contribution is 5.84. The summed E-state index contributed by atoms with van der Waals surface area (Å²) in [7, 11) is 0. The third-order valence-corrected chi connectivity index (χ3v) is 7.60. The van der Waals surface area contributed by atoms with Crippen molar-refractivity contribution in [3.63, 3.8) is 0 Å². The number of anilines is 8. The van der Waals surface area contributed by atoms with Gasteiger partial charge in [-0.2, -0.15) is 0 Å². The van der Waals surface area contributed by atoms with Crippen LogP contribution in [0, 0.1) is 0 Å². The first-order valence-electron chi connectivity index (χ1n) is 13.9. The lowest BCUT2D eigenvalue weighted by Gasteiger charge is -2.33. The number of hydrogen-bond acceptors (Lipinski definition) is 4. The lowest BCUT2D eigenvalue weighted by molar-refractivity contribution is 0.991. The molecule has 0 radical (unpaired) electrons. The molecule has 0 atom stereocenters. The average Bonchev–Trinajstić information content (AvgIpc) is 3.03. The van der Waals surface area contributed by atoms with Crippen molar-refractivity contribution in [3.05, 3.63) is 169 Å². The molecule has 0 bridgehead atoms. The van der Waals surface area contributed by atoms with Gasteiger partial charge in [0.05, 0.1) is 11.4 Å². The number of nitrogens with zero attached hydrogens (tertiary/aromatic N) is 3. The van der Waals surface area contributed by atoms with Gasteiger partial charge in [0, 0.05) is 40.5 Å². The van der Waals surface area contributed by atoms with Gasteiger partial charge in [0.15, 0.2) is 0 Å². The summed E-state index contributed by atoms with van der Waals surface area (Å²) in [6.07, 6.45) is 0.787. The molecule has 1 aliphatic rings. The molecule has 6 aromatic carbocycles. The smallest absolute Gasteiger partial charge is 0.0612 e. The Morgan fingerprint density at radius 1 is 0.390 bits per heavy atom. The van der Waals surface area contributed by atoms with Gasteiger partial charge in [-0.1, -0.05) is 72.8 Å². The number of hydrazine groups is 1. The quantitative estimate of drug-likeness (QED) is 0.218. The average molecular weight is 531 g/mol. The van der Waals surface area contributed by atoms with Gasteiger partial charge in [0.25, 0.3) is 0 Å². The minimum atomic E-state index is 0.787. The highest BCUT2D eigenvalue weighted by Gasteiger charge is 2.24. The fourth-order valence-electron chi connectivity index (χ4n) is 5.71. The largest absolute Gasteiger partial charge is 0.310 e. The Hall–Kier alpha value is -5.32. The molecule has 0 aliphatic carbocycles. The summed E-state index contributed by atoms with van der Waals surface area (Å²) in [6.45, 7) is 0. The Kier molecular flexibility index (Phi) is 6.44. The van der Waals surface area contributed by atoms with Gasteiger partial charge in [0.2, 0.25) is 0 Å². The molecule has 198 valence electrons. The summed E-state index contributed by atoms with van der Waals surface area (Å²) in [5, 5.41) is 1.83. The van der Waals surface area contributed by atoms with Crippen molar-refractivity contribution in [2.24, 2.45) is 5.84 Å². The van der Waals surface area contributed by atoms with E-state index >= 15 is 0 Å². The van der Waals surface area contributed by atoms with Crippen LogP contribution in [-0.2, 0) is 6.42 Å². The summed E-state index contributed by atoms with van der Waals surface area (Å²) < 4.78 is 0. The van der Waals surface area contributed by atoms with E-state index < -0.39 is 0 Å². The number of rotatable bonds is 6. The van der Waals surface area contributed by atoms with Crippen LogP contribution >= 0.6 is 0 Å².